The largest absolute Gasteiger partial charge is 0.467 e. The molecule has 4 atom stereocenters. The normalized spacial score (nSPS) is 16.7. The fourth-order valence-electron chi connectivity index (χ4n) is 4.77. The van der Waals surface area contributed by atoms with Crippen molar-refractivity contribution in [1.82, 2.24) is 20.9 Å². The van der Waals surface area contributed by atoms with Crippen molar-refractivity contribution in [2.75, 3.05) is 20.3 Å². The number of amides is 5. The van der Waals surface area contributed by atoms with Crippen molar-refractivity contribution in [3.05, 3.63) is 12.2 Å². The summed E-state index contributed by atoms with van der Waals surface area (Å²) in [7, 11) is 1.22. The third-order valence-electron chi connectivity index (χ3n) is 6.81. The number of rotatable bonds is 17. The van der Waals surface area contributed by atoms with Crippen molar-refractivity contribution < 1.29 is 47.8 Å². The monoisotopic (exact) mass is 653 g/mol. The van der Waals surface area contributed by atoms with Crippen molar-refractivity contribution in [2.24, 2.45) is 11.7 Å². The van der Waals surface area contributed by atoms with Crippen molar-refractivity contribution >= 4 is 41.7 Å². The highest BCUT2D eigenvalue weighted by atomic mass is 16.6. The average Bonchev–Trinajstić information content (AvgIpc) is 3.44. The van der Waals surface area contributed by atoms with Gasteiger partial charge in [0.15, 0.2) is 0 Å². The van der Waals surface area contributed by atoms with Crippen molar-refractivity contribution in [3.8, 4) is 0 Å². The van der Waals surface area contributed by atoms with Crippen LogP contribution in [0.1, 0.15) is 86.5 Å². The lowest BCUT2D eigenvalue weighted by Crippen LogP contribution is -2.57. The van der Waals surface area contributed by atoms with Gasteiger partial charge in [-0.15, -0.1) is 0 Å². The van der Waals surface area contributed by atoms with Gasteiger partial charge in [-0.1, -0.05) is 19.9 Å². The van der Waals surface area contributed by atoms with Gasteiger partial charge in [0.25, 0.3) is 0 Å². The SMILES string of the molecule is CCOC(=O)/C=C\CC[C@H](NC(=O)OC(C)(C)C)C(=O)N[C@@H](CCC(N)=O)C(=O)N1CCC[C@H]1C(=O)N[C@@H](CC(C)C)C(=O)OC. The van der Waals surface area contributed by atoms with E-state index in [1.165, 1.54) is 24.2 Å². The summed E-state index contributed by atoms with van der Waals surface area (Å²) < 4.78 is 15.0. The van der Waals surface area contributed by atoms with Crippen LogP contribution in [0.4, 0.5) is 4.79 Å². The second-order valence-corrected chi connectivity index (χ2v) is 12.4. The lowest BCUT2D eigenvalue weighted by atomic mass is 10.0. The number of carbonyl (C=O) groups is 7. The van der Waals surface area contributed by atoms with Crippen molar-refractivity contribution in [2.45, 2.75) is 116 Å². The average molecular weight is 654 g/mol. The fraction of sp³-hybridized carbons (Fsp3) is 0.710. The van der Waals surface area contributed by atoms with E-state index in [0.717, 1.165) is 0 Å². The summed E-state index contributed by atoms with van der Waals surface area (Å²) in [5.74, 6) is -3.71. The van der Waals surface area contributed by atoms with E-state index in [-0.39, 0.29) is 44.8 Å². The maximum Gasteiger partial charge on any atom is 0.408 e. The first-order valence-electron chi connectivity index (χ1n) is 15.6. The van der Waals surface area contributed by atoms with Crippen LogP contribution in [0, 0.1) is 5.92 Å². The third kappa shape index (κ3) is 14.7. The number of likely N-dealkylation sites (tertiary alicyclic amines) is 1. The molecule has 15 heteroatoms. The van der Waals surface area contributed by atoms with Gasteiger partial charge in [-0.25, -0.2) is 14.4 Å². The van der Waals surface area contributed by atoms with E-state index in [1.807, 2.05) is 13.8 Å². The maximum absolute atomic E-state index is 13.8. The van der Waals surface area contributed by atoms with E-state index in [9.17, 15) is 33.6 Å². The Kier molecular flexibility index (Phi) is 16.8. The zero-order chi connectivity index (χ0) is 35.0. The molecule has 0 aromatic carbocycles. The first-order valence-corrected chi connectivity index (χ1v) is 15.6. The molecule has 0 aromatic heterocycles. The molecule has 0 aliphatic carbocycles. The van der Waals surface area contributed by atoms with Crippen LogP contribution in [-0.4, -0.2) is 96.6 Å². The number of allylic oxidation sites excluding steroid dienone is 1. The third-order valence-corrected chi connectivity index (χ3v) is 6.81. The Morgan fingerprint density at radius 3 is 2.22 bits per heavy atom. The van der Waals surface area contributed by atoms with E-state index >= 15 is 0 Å². The molecule has 0 spiro atoms. The van der Waals surface area contributed by atoms with Gasteiger partial charge >= 0.3 is 18.0 Å². The number of methoxy groups -OCH3 is 1. The van der Waals surface area contributed by atoms with Crippen LogP contribution in [-0.2, 0) is 43.0 Å². The van der Waals surface area contributed by atoms with Crippen molar-refractivity contribution in [1.29, 1.82) is 0 Å². The Balaban J connectivity index is 3.20. The molecule has 5 N–H and O–H groups in total. The Morgan fingerprint density at radius 1 is 0.978 bits per heavy atom. The van der Waals surface area contributed by atoms with E-state index in [1.54, 1.807) is 27.7 Å². The molecular formula is C31H51N5O10. The zero-order valence-electron chi connectivity index (χ0n) is 28.0. The summed E-state index contributed by atoms with van der Waals surface area (Å²) in [5.41, 5.74) is 4.49. The summed E-state index contributed by atoms with van der Waals surface area (Å²) >= 11 is 0. The summed E-state index contributed by atoms with van der Waals surface area (Å²) in [6, 6.07) is -4.29. The summed E-state index contributed by atoms with van der Waals surface area (Å²) in [6.45, 7) is 10.8. The Morgan fingerprint density at radius 2 is 1.65 bits per heavy atom. The molecule has 5 amide bonds. The first kappa shape index (κ1) is 39.9. The molecule has 0 unspecified atom stereocenters. The molecule has 0 bridgehead atoms. The molecule has 1 fully saturated rings. The van der Waals surface area contributed by atoms with Crippen LogP contribution in [0.15, 0.2) is 12.2 Å². The number of alkyl carbamates (subject to hydrolysis) is 1. The molecular weight excluding hydrogens is 602 g/mol. The van der Waals surface area contributed by atoms with E-state index < -0.39 is 71.4 Å². The number of carbonyl (C=O) groups excluding carboxylic acids is 7. The minimum atomic E-state index is -1.27. The molecule has 0 radical (unpaired) electrons. The van der Waals surface area contributed by atoms with Gasteiger partial charge in [0.2, 0.25) is 23.6 Å². The van der Waals surface area contributed by atoms with Crippen LogP contribution < -0.4 is 21.7 Å². The number of ether oxygens (including phenoxy) is 3. The predicted octanol–water partition coefficient (Wildman–Crippen LogP) is 1.22. The molecule has 1 aliphatic heterocycles. The number of hydrogen-bond donors (Lipinski definition) is 4. The fourth-order valence-corrected chi connectivity index (χ4v) is 4.77. The topological polar surface area (TPSA) is 213 Å². The molecule has 0 aromatic rings. The number of hydrogen-bond acceptors (Lipinski definition) is 10. The Hall–Kier alpha value is -4.17. The molecule has 15 nitrogen and oxygen atoms in total. The Labute approximate surface area is 270 Å². The number of nitrogens with one attached hydrogen (secondary N) is 3. The van der Waals surface area contributed by atoms with Gasteiger partial charge in [0.1, 0.15) is 29.8 Å². The summed E-state index contributed by atoms with van der Waals surface area (Å²) in [4.78, 5) is 90.1. The van der Waals surface area contributed by atoms with Gasteiger partial charge in [0.05, 0.1) is 13.7 Å². The second kappa shape index (κ2) is 19.4. The quantitative estimate of drug-likeness (QED) is 0.100. The van der Waals surface area contributed by atoms with Gasteiger partial charge in [-0.3, -0.25) is 19.2 Å². The molecule has 1 rings (SSSR count). The van der Waals surface area contributed by atoms with Crippen LogP contribution >= 0.6 is 0 Å². The zero-order valence-corrected chi connectivity index (χ0v) is 28.0. The predicted molar refractivity (Wildman–Crippen MR) is 167 cm³/mol. The van der Waals surface area contributed by atoms with Crippen LogP contribution in [0.3, 0.4) is 0 Å². The number of nitrogens with zero attached hydrogens (tertiary/aromatic N) is 1. The van der Waals surface area contributed by atoms with Crippen LogP contribution in [0.5, 0.6) is 0 Å². The van der Waals surface area contributed by atoms with E-state index in [4.69, 9.17) is 19.9 Å². The summed E-state index contributed by atoms with van der Waals surface area (Å²) in [5, 5.41) is 7.80. The van der Waals surface area contributed by atoms with Gasteiger partial charge < -0.3 is 40.8 Å². The van der Waals surface area contributed by atoms with E-state index in [2.05, 4.69) is 16.0 Å². The molecule has 1 saturated heterocycles. The molecule has 1 heterocycles. The van der Waals surface area contributed by atoms with Crippen LogP contribution in [0.25, 0.3) is 0 Å². The number of esters is 2. The van der Waals surface area contributed by atoms with Gasteiger partial charge in [0, 0.05) is 19.0 Å². The minimum Gasteiger partial charge on any atom is -0.467 e. The minimum absolute atomic E-state index is 0.0250. The number of primary amides is 1. The lowest BCUT2D eigenvalue weighted by molar-refractivity contribution is -0.147. The second-order valence-electron chi connectivity index (χ2n) is 12.4. The van der Waals surface area contributed by atoms with Gasteiger partial charge in [-0.05, 0) is 72.1 Å². The molecule has 260 valence electrons. The van der Waals surface area contributed by atoms with Gasteiger partial charge in [-0.2, -0.15) is 0 Å². The highest BCUT2D eigenvalue weighted by molar-refractivity contribution is 5.95. The molecule has 0 saturated carbocycles. The number of nitrogens with two attached hydrogens (primary N) is 1. The summed E-state index contributed by atoms with van der Waals surface area (Å²) in [6.07, 6.45) is 2.75. The maximum atomic E-state index is 13.8. The first-order chi connectivity index (χ1) is 21.5. The van der Waals surface area contributed by atoms with Crippen LogP contribution in [0.2, 0.25) is 0 Å². The smallest absolute Gasteiger partial charge is 0.408 e. The molecule has 1 aliphatic rings. The Bertz CT molecular complexity index is 1120. The molecule has 46 heavy (non-hydrogen) atoms. The standard InChI is InChI=1S/C31H51N5O10/c1-8-45-25(38)14-10-9-12-20(35-30(43)46-31(4,5)6)26(39)33-21(15-16-24(32)37)28(41)36-17-11-13-23(36)27(40)34-22(18-19(2)3)29(42)44-7/h10,14,19-23H,8-9,11-13,15-18H2,1-7H3,(H2,32,37)(H,33,39)(H,34,40)(H,35,43)/b14-10-/t20-,21-,22-,23-/m0/s1. The van der Waals surface area contributed by atoms with Crippen molar-refractivity contribution in [3.63, 3.8) is 0 Å². The highest BCUT2D eigenvalue weighted by Crippen LogP contribution is 2.21. The highest BCUT2D eigenvalue weighted by Gasteiger charge is 2.39. The van der Waals surface area contributed by atoms with E-state index in [0.29, 0.717) is 19.3 Å². The lowest BCUT2D eigenvalue weighted by Gasteiger charge is -2.30.